The molecule has 10 aromatic heterocycles. The number of pyridine rings is 7. The monoisotopic (exact) mass is 1640 g/mol. The fourth-order valence-electron chi connectivity index (χ4n) is 20.6. The van der Waals surface area contributed by atoms with Crippen LogP contribution >= 0.6 is 0 Å². The lowest BCUT2D eigenvalue weighted by atomic mass is 9.86. The van der Waals surface area contributed by atoms with Gasteiger partial charge in [0.2, 0.25) is 0 Å². The van der Waals surface area contributed by atoms with Gasteiger partial charge in [-0.3, -0.25) is 15.0 Å². The van der Waals surface area contributed by atoms with Crippen LogP contribution in [0.25, 0.3) is 274 Å². The van der Waals surface area contributed by atoms with E-state index in [9.17, 15) is 0 Å². The Hall–Kier alpha value is -17.5. The summed E-state index contributed by atoms with van der Waals surface area (Å²) >= 11 is 0. The fourth-order valence-corrected chi connectivity index (χ4v) is 20.6. The Kier molecular flexibility index (Phi) is 16.8. The average Bonchev–Trinajstić information content (AvgIpc) is 1.24. The van der Waals surface area contributed by atoms with Crippen molar-refractivity contribution in [1.29, 1.82) is 0 Å². The Labute approximate surface area is 736 Å². The topological polar surface area (TPSA) is 130 Å². The van der Waals surface area contributed by atoms with Crippen molar-refractivity contribution in [2.24, 2.45) is 0 Å². The molecule has 28 aromatic rings. The van der Waals surface area contributed by atoms with Gasteiger partial charge in [0.05, 0.1) is 45.0 Å². The van der Waals surface area contributed by atoms with Gasteiger partial charge in [-0.05, 0) is 178 Å². The first-order chi connectivity index (χ1) is 64.1. The van der Waals surface area contributed by atoms with E-state index in [1.807, 2.05) is 91.8 Å². The second-order valence-electron chi connectivity index (χ2n) is 33.0. The molecule has 0 fully saturated rings. The summed E-state index contributed by atoms with van der Waals surface area (Å²) in [4.78, 5) is 34.3. The number of rotatable bonds is 7. The summed E-state index contributed by atoms with van der Waals surface area (Å²) in [6, 6.07) is 134. The van der Waals surface area contributed by atoms with Crippen LogP contribution in [0.3, 0.4) is 0 Å². The zero-order chi connectivity index (χ0) is 84.7. The molecule has 0 bridgehead atoms. The predicted octanol–water partition coefficient (Wildman–Crippen LogP) is 32.0. The predicted molar refractivity (Wildman–Crippen MR) is 534 cm³/mol. The van der Waals surface area contributed by atoms with Gasteiger partial charge in [-0.2, -0.15) is 0 Å². The van der Waals surface area contributed by atoms with E-state index in [0.29, 0.717) is 0 Å². The standard InChI is InChI=1S/C43H25N3O.2C38H22N2O/c1-3-13-30-28(11-1)39(37-18-9-17-35(45-37)26-22-24-44-25-23-26)29-12-2-4-14-31(29)40(30)42-34-21-20-32-27-10-6-8-19-38(27)47-43(32)41(34)33-15-5-7-16-36(33)46-42;1-3-14-27-25(12-1)34(23-10-9-21-39-22-23)26-13-2-4-15-28(26)35(27)37-31-20-19-29-24-11-6-8-18-33(24)41-38(29)36(31)30-16-5-7-17-32(30)40-37;1-3-12-27-25(10-1)34(23-19-21-39-22-20-23)26-11-2-4-13-28(26)35(27)37-31-18-17-29-24-9-6-8-16-33(24)41-38(29)36(31)30-14-5-7-15-32(30)40-37/h1-25H;2*1-22H. The molecule has 0 radical (unpaired) electrons. The molecular formula is C119H69N7O3. The number of para-hydroxylation sites is 6. The van der Waals surface area contributed by atoms with Crippen molar-refractivity contribution in [3.8, 4) is 78.5 Å². The van der Waals surface area contributed by atoms with Crippen molar-refractivity contribution in [2.45, 2.75) is 0 Å². The Morgan fingerprint density at radius 3 is 0.775 bits per heavy atom. The van der Waals surface area contributed by atoms with E-state index in [1.54, 1.807) is 0 Å². The first-order valence-corrected chi connectivity index (χ1v) is 43.4. The van der Waals surface area contributed by atoms with Crippen molar-refractivity contribution in [3.05, 3.63) is 419 Å². The molecule has 10 heterocycles. The highest BCUT2D eigenvalue weighted by atomic mass is 16.3. The van der Waals surface area contributed by atoms with Crippen LogP contribution in [-0.4, -0.2) is 34.9 Å². The van der Waals surface area contributed by atoms with Gasteiger partial charge >= 0.3 is 0 Å². The molecule has 0 aliphatic rings. The van der Waals surface area contributed by atoms with Gasteiger partial charge in [0.15, 0.2) is 0 Å². The normalized spacial score (nSPS) is 11.9. The summed E-state index contributed by atoms with van der Waals surface area (Å²) in [5, 5.41) is 30.5. The zero-order valence-corrected chi connectivity index (χ0v) is 69.2. The van der Waals surface area contributed by atoms with Crippen molar-refractivity contribution < 1.29 is 13.3 Å². The quantitative estimate of drug-likeness (QED) is 0.112. The van der Waals surface area contributed by atoms with E-state index in [4.69, 9.17) is 33.2 Å². The Balaban J connectivity index is 0.000000102. The minimum atomic E-state index is 0.888. The molecule has 0 saturated carbocycles. The van der Waals surface area contributed by atoms with E-state index in [-0.39, 0.29) is 0 Å². The molecule has 10 nitrogen and oxygen atoms in total. The number of aromatic nitrogens is 7. The average molecular weight is 1640 g/mol. The summed E-state index contributed by atoms with van der Waals surface area (Å²) in [5.41, 5.74) is 23.1. The molecular weight excluding hydrogens is 1580 g/mol. The molecule has 0 atom stereocenters. The highest BCUT2D eigenvalue weighted by molar-refractivity contribution is 6.33. The summed E-state index contributed by atoms with van der Waals surface area (Å²) in [6.45, 7) is 0. The molecule has 18 aromatic carbocycles. The first-order valence-electron chi connectivity index (χ1n) is 43.4. The van der Waals surface area contributed by atoms with Crippen molar-refractivity contribution in [3.63, 3.8) is 0 Å². The number of furan rings is 3. The molecule has 0 N–H and O–H groups in total. The SMILES string of the molecule is c1cc(-c2ccncc2)nc(-c2c3ccccc3c(-c3nc4ccccc4c4c3ccc3c5ccccc5oc34)c3ccccc23)c1.c1ccc2c(c1)nc(-c1c3ccccc3c(-c3ccncc3)c3ccccc13)c1ccc3c4ccccc4oc3c12.c1cncc(-c2c3ccccc3c(-c3nc4ccccc4c4c3ccc3c5ccccc5oc34)c3ccccc23)c1. The number of hydrogen-bond acceptors (Lipinski definition) is 10. The van der Waals surface area contributed by atoms with Gasteiger partial charge in [0.25, 0.3) is 0 Å². The molecule has 0 aliphatic carbocycles. The minimum absolute atomic E-state index is 0.888. The minimum Gasteiger partial charge on any atom is -0.455 e. The van der Waals surface area contributed by atoms with Crippen LogP contribution in [0.4, 0.5) is 0 Å². The van der Waals surface area contributed by atoms with Crippen LogP contribution in [0.15, 0.2) is 433 Å². The summed E-state index contributed by atoms with van der Waals surface area (Å²) in [7, 11) is 0. The Bertz CT molecular complexity index is 9020. The van der Waals surface area contributed by atoms with Crippen molar-refractivity contribution in [2.75, 3.05) is 0 Å². The number of fused-ring (bicyclic) bond motifs is 27. The highest BCUT2D eigenvalue weighted by Gasteiger charge is 2.28. The van der Waals surface area contributed by atoms with Gasteiger partial charge in [-0.25, -0.2) is 19.9 Å². The molecule has 28 rings (SSSR count). The van der Waals surface area contributed by atoms with Crippen LogP contribution in [0.2, 0.25) is 0 Å². The van der Waals surface area contributed by atoms with E-state index in [1.165, 1.54) is 54.2 Å². The molecule has 0 aliphatic heterocycles. The lowest BCUT2D eigenvalue weighted by molar-refractivity contribution is 0.672. The van der Waals surface area contributed by atoms with Crippen LogP contribution in [-0.2, 0) is 0 Å². The van der Waals surface area contributed by atoms with Gasteiger partial charge < -0.3 is 13.3 Å². The molecule has 598 valence electrons. The maximum atomic E-state index is 6.62. The Morgan fingerprint density at radius 2 is 0.434 bits per heavy atom. The first kappa shape index (κ1) is 73.1. The van der Waals surface area contributed by atoms with E-state index >= 15 is 0 Å². The lowest BCUT2D eigenvalue weighted by Crippen LogP contribution is -1.96. The van der Waals surface area contributed by atoms with Crippen LogP contribution in [0, 0.1) is 0 Å². The number of hydrogen-bond donors (Lipinski definition) is 0. The molecule has 10 heteroatoms. The smallest absolute Gasteiger partial charge is 0.144 e. The van der Waals surface area contributed by atoms with Gasteiger partial charge in [0, 0.05) is 151 Å². The summed E-state index contributed by atoms with van der Waals surface area (Å²) in [6.07, 6.45) is 11.1. The van der Waals surface area contributed by atoms with Crippen LogP contribution in [0.1, 0.15) is 0 Å². The second-order valence-corrected chi connectivity index (χ2v) is 33.0. The molecule has 0 spiro atoms. The molecule has 129 heavy (non-hydrogen) atoms. The third-order valence-electron chi connectivity index (χ3n) is 26.0. The largest absolute Gasteiger partial charge is 0.455 e. The van der Waals surface area contributed by atoms with E-state index < -0.39 is 0 Å². The molecule has 0 saturated heterocycles. The number of nitrogens with zero attached hydrogens (tertiary/aromatic N) is 7. The Morgan fingerprint density at radius 1 is 0.155 bits per heavy atom. The van der Waals surface area contributed by atoms with Gasteiger partial charge in [-0.15, -0.1) is 0 Å². The molecule has 0 unspecified atom stereocenters. The van der Waals surface area contributed by atoms with E-state index in [2.05, 4.69) is 343 Å². The maximum Gasteiger partial charge on any atom is 0.144 e. The zero-order valence-electron chi connectivity index (χ0n) is 69.2. The number of benzene rings is 18. The van der Waals surface area contributed by atoms with Crippen molar-refractivity contribution in [1.82, 2.24) is 34.9 Å². The van der Waals surface area contributed by atoms with Gasteiger partial charge in [0.1, 0.15) is 33.5 Å². The third kappa shape index (κ3) is 11.6. The summed E-state index contributed by atoms with van der Waals surface area (Å²) in [5.74, 6) is 0. The van der Waals surface area contributed by atoms with Crippen LogP contribution < -0.4 is 0 Å². The summed E-state index contributed by atoms with van der Waals surface area (Å²) < 4.78 is 19.8. The highest BCUT2D eigenvalue weighted by Crippen LogP contribution is 2.53. The maximum absolute atomic E-state index is 6.62. The second kappa shape index (κ2) is 29.6. The van der Waals surface area contributed by atoms with Gasteiger partial charge in [-0.1, -0.05) is 285 Å². The van der Waals surface area contributed by atoms with Crippen molar-refractivity contribution >= 4 is 195 Å². The lowest BCUT2D eigenvalue weighted by Gasteiger charge is -2.19. The van der Waals surface area contributed by atoms with E-state index in [0.717, 1.165) is 220 Å². The fraction of sp³-hybridized carbons (Fsp3) is 0. The van der Waals surface area contributed by atoms with Crippen LogP contribution in [0.5, 0.6) is 0 Å². The molecule has 0 amide bonds. The third-order valence-corrected chi connectivity index (χ3v) is 26.0.